The number of likely N-dealkylation sites (tertiary alicyclic amines) is 1. The van der Waals surface area contributed by atoms with Crippen molar-refractivity contribution in [2.24, 2.45) is 13.0 Å². The highest BCUT2D eigenvalue weighted by molar-refractivity contribution is 5.82. The van der Waals surface area contributed by atoms with Crippen LogP contribution in [0.15, 0.2) is 70.1 Å². The zero-order valence-corrected chi connectivity index (χ0v) is 23.5. The number of carbonyl (C=O) groups is 1. The molecule has 41 heavy (non-hydrogen) atoms. The molecule has 0 aliphatic carbocycles. The Morgan fingerprint density at radius 1 is 1.17 bits per heavy atom. The van der Waals surface area contributed by atoms with Gasteiger partial charge in [0.25, 0.3) is 0 Å². The third-order valence-corrected chi connectivity index (χ3v) is 8.08. The quantitative estimate of drug-likeness (QED) is 0.279. The predicted molar refractivity (Wildman–Crippen MR) is 155 cm³/mol. The van der Waals surface area contributed by atoms with Crippen LogP contribution in [0.4, 0.5) is 0 Å². The molecule has 0 radical (unpaired) electrons. The standard InChI is InChI=1S/C31H34N6O4/c1-20-28(37(24-7-5-4-6-8-24)34-30(20)23-16-32-35(2)17-23)15-25(38)13-22-18-36(11-12-40-3)19-26(22)21-9-10-29-27(14-21)33-31(39)41-29/h4-10,14,16-17,22,26H,11-13,15,18-19H2,1-3H3,(H,33,39)/t22-,26+/m1/s1. The van der Waals surface area contributed by atoms with Gasteiger partial charge in [-0.1, -0.05) is 24.3 Å². The van der Waals surface area contributed by atoms with E-state index in [9.17, 15) is 9.59 Å². The molecule has 0 amide bonds. The first-order valence-electron chi connectivity index (χ1n) is 13.9. The summed E-state index contributed by atoms with van der Waals surface area (Å²) in [5, 5.41) is 9.26. The van der Waals surface area contributed by atoms with Crippen LogP contribution in [0.5, 0.6) is 0 Å². The molecular formula is C31H34N6O4. The number of aryl methyl sites for hydroxylation is 1. The Morgan fingerprint density at radius 3 is 2.76 bits per heavy atom. The van der Waals surface area contributed by atoms with E-state index in [1.807, 2.05) is 73.4 Å². The van der Waals surface area contributed by atoms with Gasteiger partial charge < -0.3 is 14.1 Å². The number of para-hydroxylation sites is 1. The average molecular weight is 555 g/mol. The normalized spacial score (nSPS) is 17.5. The smallest absolute Gasteiger partial charge is 0.408 e. The second-order valence-corrected chi connectivity index (χ2v) is 10.9. The summed E-state index contributed by atoms with van der Waals surface area (Å²) in [7, 11) is 3.59. The maximum Gasteiger partial charge on any atom is 0.417 e. The van der Waals surface area contributed by atoms with Gasteiger partial charge >= 0.3 is 5.76 Å². The second kappa shape index (κ2) is 11.3. The number of hydrogen-bond acceptors (Lipinski definition) is 7. The number of ketones is 1. The van der Waals surface area contributed by atoms with Gasteiger partial charge in [-0.25, -0.2) is 9.48 Å². The van der Waals surface area contributed by atoms with Gasteiger partial charge in [0.05, 0.1) is 35.4 Å². The topological polar surface area (TPSA) is 111 Å². The van der Waals surface area contributed by atoms with Gasteiger partial charge in [-0.15, -0.1) is 0 Å². The fourth-order valence-electron chi connectivity index (χ4n) is 6.04. The molecule has 1 N–H and O–H groups in total. The average Bonchev–Trinajstić information content (AvgIpc) is 3.73. The van der Waals surface area contributed by atoms with E-state index < -0.39 is 5.76 Å². The number of hydrogen-bond donors (Lipinski definition) is 1. The van der Waals surface area contributed by atoms with Crippen molar-refractivity contribution in [2.45, 2.75) is 25.7 Å². The van der Waals surface area contributed by atoms with E-state index in [0.717, 1.165) is 53.4 Å². The number of aromatic nitrogens is 5. The maximum atomic E-state index is 13.8. The van der Waals surface area contributed by atoms with Gasteiger partial charge in [0.1, 0.15) is 5.78 Å². The van der Waals surface area contributed by atoms with E-state index in [1.54, 1.807) is 18.0 Å². The van der Waals surface area contributed by atoms with Crippen LogP contribution in [-0.4, -0.2) is 68.6 Å². The first-order valence-corrected chi connectivity index (χ1v) is 13.9. The molecule has 4 heterocycles. The highest BCUT2D eigenvalue weighted by atomic mass is 16.5. The lowest BCUT2D eigenvalue weighted by atomic mass is 9.85. The van der Waals surface area contributed by atoms with Crippen molar-refractivity contribution in [1.82, 2.24) is 29.4 Å². The lowest BCUT2D eigenvalue weighted by Crippen LogP contribution is -2.25. The Bertz CT molecular complexity index is 1730. The Balaban J connectivity index is 1.28. The third-order valence-electron chi connectivity index (χ3n) is 8.08. The molecule has 2 aromatic carbocycles. The lowest BCUT2D eigenvalue weighted by molar-refractivity contribution is -0.119. The van der Waals surface area contributed by atoms with Gasteiger partial charge in [-0.3, -0.25) is 14.5 Å². The van der Waals surface area contributed by atoms with E-state index in [0.29, 0.717) is 24.1 Å². The van der Waals surface area contributed by atoms with Gasteiger partial charge in [0.2, 0.25) is 0 Å². The van der Waals surface area contributed by atoms with Crippen molar-refractivity contribution in [3.05, 3.63) is 88.3 Å². The molecule has 1 saturated heterocycles. The number of nitrogens with zero attached hydrogens (tertiary/aromatic N) is 5. The van der Waals surface area contributed by atoms with Crippen LogP contribution in [0.2, 0.25) is 0 Å². The number of nitrogens with one attached hydrogen (secondary N) is 1. The van der Waals surface area contributed by atoms with E-state index in [4.69, 9.17) is 14.3 Å². The van der Waals surface area contributed by atoms with E-state index in [1.165, 1.54) is 0 Å². The molecule has 0 unspecified atom stereocenters. The number of fused-ring (bicyclic) bond motifs is 1. The summed E-state index contributed by atoms with van der Waals surface area (Å²) in [6, 6.07) is 15.8. The van der Waals surface area contributed by atoms with Gasteiger partial charge in [-0.2, -0.15) is 10.2 Å². The first-order chi connectivity index (χ1) is 19.9. The van der Waals surface area contributed by atoms with Crippen molar-refractivity contribution < 1.29 is 13.9 Å². The summed E-state index contributed by atoms with van der Waals surface area (Å²) in [5.74, 6) is -0.0244. The third kappa shape index (κ3) is 5.53. The molecule has 3 aromatic heterocycles. The summed E-state index contributed by atoms with van der Waals surface area (Å²) in [6.45, 7) is 5.09. The number of Topliss-reactive ketones (excluding diaryl/α,β-unsaturated/α-hetero) is 1. The molecule has 0 bridgehead atoms. The molecule has 0 saturated carbocycles. The molecule has 212 valence electrons. The fraction of sp³-hybridized carbons (Fsp3) is 0.355. The van der Waals surface area contributed by atoms with Crippen molar-refractivity contribution >= 4 is 16.9 Å². The molecule has 2 atom stereocenters. The number of rotatable bonds is 10. The van der Waals surface area contributed by atoms with Crippen LogP contribution in [0.1, 0.15) is 29.2 Å². The van der Waals surface area contributed by atoms with E-state index in [-0.39, 0.29) is 24.0 Å². The first kappa shape index (κ1) is 26.9. The van der Waals surface area contributed by atoms with Crippen LogP contribution in [0.3, 0.4) is 0 Å². The number of ether oxygens (including phenoxy) is 1. The fourth-order valence-corrected chi connectivity index (χ4v) is 6.04. The number of carbonyl (C=O) groups excluding carboxylic acids is 1. The van der Waals surface area contributed by atoms with Crippen molar-refractivity contribution in [2.75, 3.05) is 33.4 Å². The van der Waals surface area contributed by atoms with Crippen molar-refractivity contribution in [1.29, 1.82) is 0 Å². The van der Waals surface area contributed by atoms with E-state index in [2.05, 4.69) is 15.0 Å². The van der Waals surface area contributed by atoms with E-state index >= 15 is 0 Å². The Labute approximate surface area is 237 Å². The van der Waals surface area contributed by atoms with Crippen LogP contribution >= 0.6 is 0 Å². The van der Waals surface area contributed by atoms with Gasteiger partial charge in [0, 0.05) is 64.3 Å². The zero-order chi connectivity index (χ0) is 28.5. The molecule has 5 aromatic rings. The van der Waals surface area contributed by atoms with Gasteiger partial charge in [-0.05, 0) is 48.2 Å². The van der Waals surface area contributed by atoms with Crippen molar-refractivity contribution in [3.63, 3.8) is 0 Å². The second-order valence-electron chi connectivity index (χ2n) is 10.9. The molecule has 1 fully saturated rings. The molecule has 6 rings (SSSR count). The Kier molecular flexibility index (Phi) is 7.42. The largest absolute Gasteiger partial charge is 0.417 e. The minimum Gasteiger partial charge on any atom is -0.408 e. The summed E-state index contributed by atoms with van der Waals surface area (Å²) < 4.78 is 14.2. The molecule has 1 aliphatic heterocycles. The zero-order valence-electron chi connectivity index (χ0n) is 23.5. The van der Waals surface area contributed by atoms with Crippen molar-refractivity contribution in [3.8, 4) is 16.9 Å². The van der Waals surface area contributed by atoms with Crippen LogP contribution < -0.4 is 5.76 Å². The highest BCUT2D eigenvalue weighted by Gasteiger charge is 2.35. The number of oxazole rings is 1. The predicted octanol–water partition coefficient (Wildman–Crippen LogP) is 3.88. The number of aromatic amines is 1. The monoisotopic (exact) mass is 554 g/mol. The highest BCUT2D eigenvalue weighted by Crippen LogP contribution is 2.36. The summed E-state index contributed by atoms with van der Waals surface area (Å²) in [6.07, 6.45) is 4.47. The molecule has 10 heteroatoms. The molecular weight excluding hydrogens is 520 g/mol. The van der Waals surface area contributed by atoms with Crippen LogP contribution in [-0.2, 0) is 23.0 Å². The number of H-pyrrole nitrogens is 1. The lowest BCUT2D eigenvalue weighted by Gasteiger charge is -2.18. The molecule has 0 spiro atoms. The Hall–Kier alpha value is -4.28. The number of methoxy groups -OCH3 is 1. The minimum absolute atomic E-state index is 0.127. The Morgan fingerprint density at radius 2 is 2.00 bits per heavy atom. The number of benzene rings is 2. The summed E-state index contributed by atoms with van der Waals surface area (Å²) >= 11 is 0. The molecule has 10 nitrogen and oxygen atoms in total. The molecule has 1 aliphatic rings. The summed E-state index contributed by atoms with van der Waals surface area (Å²) in [4.78, 5) is 30.6. The van der Waals surface area contributed by atoms with Gasteiger partial charge in [0.15, 0.2) is 5.58 Å². The van der Waals surface area contributed by atoms with Crippen LogP contribution in [0, 0.1) is 12.8 Å². The summed E-state index contributed by atoms with van der Waals surface area (Å²) in [5.41, 5.74) is 6.85. The minimum atomic E-state index is -0.465. The maximum absolute atomic E-state index is 13.8. The van der Waals surface area contributed by atoms with Crippen LogP contribution in [0.25, 0.3) is 28.0 Å². The SMILES string of the molecule is COCCN1C[C@@H](CC(=O)Cc2c(C)c(-c3cnn(C)c3)nn2-c2ccccc2)[C@H](c2ccc3oc(=O)[nH]c3c2)C1.